The molecule has 1 heterocycles. The van der Waals surface area contributed by atoms with Gasteiger partial charge in [0.05, 0.1) is 0 Å². The number of hydrogen-bond acceptors (Lipinski definition) is 3. The van der Waals surface area contributed by atoms with E-state index in [1.165, 1.54) is 6.07 Å². The number of aldehydes is 1. The molecule has 4 heteroatoms. The molecule has 0 bridgehead atoms. The van der Waals surface area contributed by atoms with Crippen molar-refractivity contribution in [2.45, 2.75) is 37.0 Å². The van der Waals surface area contributed by atoms with Crippen LogP contribution >= 0.6 is 12.6 Å². The molecule has 1 saturated heterocycles. The fourth-order valence-corrected chi connectivity index (χ4v) is 3.54. The van der Waals surface area contributed by atoms with Crippen LogP contribution in [-0.4, -0.2) is 29.5 Å². The van der Waals surface area contributed by atoms with Crippen LogP contribution in [0.15, 0.2) is 24.3 Å². The Bertz CT molecular complexity index is 495. The van der Waals surface area contributed by atoms with Crippen molar-refractivity contribution < 1.29 is 9.18 Å². The first-order valence-corrected chi connectivity index (χ1v) is 7.81. The summed E-state index contributed by atoms with van der Waals surface area (Å²) in [6.45, 7) is 1.78. The number of carbonyl (C=O) groups is 1. The van der Waals surface area contributed by atoms with Crippen molar-refractivity contribution in [1.29, 1.82) is 0 Å². The minimum atomic E-state index is -0.369. The van der Waals surface area contributed by atoms with Gasteiger partial charge < -0.3 is 4.79 Å². The van der Waals surface area contributed by atoms with Crippen molar-refractivity contribution in [3.05, 3.63) is 35.6 Å². The smallest absolute Gasteiger partial charge is 0.128 e. The number of hydrogen-bond donors (Lipinski definition) is 1. The number of halogens is 1. The molecule has 1 atom stereocenters. The molecule has 2 nitrogen and oxygen atoms in total. The predicted octanol–water partition coefficient (Wildman–Crippen LogP) is 3.24. The van der Waals surface area contributed by atoms with Crippen LogP contribution in [-0.2, 0) is 4.79 Å². The lowest BCUT2D eigenvalue weighted by atomic mass is 9.88. The molecule has 0 amide bonds. The fourth-order valence-electron chi connectivity index (χ4n) is 3.31. The molecule has 0 radical (unpaired) electrons. The summed E-state index contributed by atoms with van der Waals surface area (Å²) >= 11 is 4.52. The van der Waals surface area contributed by atoms with Gasteiger partial charge in [-0.2, -0.15) is 12.6 Å². The van der Waals surface area contributed by atoms with E-state index in [4.69, 9.17) is 0 Å². The van der Waals surface area contributed by atoms with E-state index in [2.05, 4.69) is 17.5 Å². The summed E-state index contributed by atoms with van der Waals surface area (Å²) in [6.07, 6.45) is 4.80. The van der Waals surface area contributed by atoms with Crippen molar-refractivity contribution in [2.24, 2.45) is 5.41 Å². The van der Waals surface area contributed by atoms with Gasteiger partial charge in [0.15, 0.2) is 0 Å². The van der Waals surface area contributed by atoms with Gasteiger partial charge in [0.25, 0.3) is 0 Å². The molecule has 2 fully saturated rings. The van der Waals surface area contributed by atoms with E-state index < -0.39 is 0 Å². The monoisotopic (exact) mass is 293 g/mol. The molecule has 1 aliphatic carbocycles. The van der Waals surface area contributed by atoms with Crippen LogP contribution in [0.25, 0.3) is 0 Å². The summed E-state index contributed by atoms with van der Waals surface area (Å²) < 4.78 is 14.2. The highest BCUT2D eigenvalue weighted by atomic mass is 32.1. The fraction of sp³-hybridized carbons (Fsp3) is 0.562. The Hall–Kier alpha value is -0.870. The molecule has 1 unspecified atom stereocenters. The zero-order chi connectivity index (χ0) is 14.2. The summed E-state index contributed by atoms with van der Waals surface area (Å²) in [5, 5.41) is 0.430. The van der Waals surface area contributed by atoms with Gasteiger partial charge in [0, 0.05) is 22.3 Å². The number of rotatable bonds is 4. The lowest BCUT2D eigenvalue weighted by Gasteiger charge is -2.39. The Morgan fingerprint density at radius 3 is 2.50 bits per heavy atom. The van der Waals surface area contributed by atoms with Crippen molar-refractivity contribution in [2.75, 3.05) is 13.1 Å². The average Bonchev–Trinajstić information content (AvgIpc) is 3.24. The first-order valence-electron chi connectivity index (χ1n) is 7.29. The van der Waals surface area contributed by atoms with Crippen LogP contribution in [0, 0.1) is 11.2 Å². The minimum Gasteiger partial charge on any atom is -0.303 e. The molecule has 0 N–H and O–H groups in total. The zero-order valence-corrected chi connectivity index (χ0v) is 12.4. The number of benzene rings is 1. The van der Waals surface area contributed by atoms with Gasteiger partial charge in [-0.15, -0.1) is 0 Å². The highest BCUT2D eigenvalue weighted by Gasteiger charge is 2.53. The zero-order valence-electron chi connectivity index (χ0n) is 11.5. The van der Waals surface area contributed by atoms with Gasteiger partial charge in [-0.25, -0.2) is 4.39 Å². The third-order valence-corrected chi connectivity index (χ3v) is 5.19. The quantitative estimate of drug-likeness (QED) is 0.679. The minimum absolute atomic E-state index is 0.109. The lowest BCUT2D eigenvalue weighted by Crippen LogP contribution is -2.41. The van der Waals surface area contributed by atoms with Gasteiger partial charge >= 0.3 is 0 Å². The van der Waals surface area contributed by atoms with E-state index in [0.29, 0.717) is 10.8 Å². The van der Waals surface area contributed by atoms with Crippen molar-refractivity contribution in [3.8, 4) is 0 Å². The van der Waals surface area contributed by atoms with Crippen LogP contribution in [0.4, 0.5) is 4.39 Å². The molecule has 20 heavy (non-hydrogen) atoms. The Labute approximate surface area is 124 Å². The Morgan fingerprint density at radius 1 is 1.30 bits per heavy atom. The molecular formula is C16H20FNOS. The second-order valence-corrected chi connectivity index (χ2v) is 6.77. The lowest BCUT2D eigenvalue weighted by molar-refractivity contribution is -0.115. The van der Waals surface area contributed by atoms with E-state index in [0.717, 1.165) is 45.1 Å². The Kier molecular flexibility index (Phi) is 3.87. The maximum Gasteiger partial charge on any atom is 0.128 e. The molecule has 2 aliphatic rings. The molecule has 108 valence electrons. The topological polar surface area (TPSA) is 20.3 Å². The summed E-state index contributed by atoms with van der Waals surface area (Å²) in [5.41, 5.74) is 0.306. The number of carbonyl (C=O) groups excluding carboxylic acids is 1. The molecule has 1 aliphatic heterocycles. The second-order valence-electron chi connectivity index (χ2n) is 6.04. The number of thiol groups is 1. The maximum atomic E-state index is 14.2. The number of likely N-dealkylation sites (tertiary alicyclic amines) is 1. The predicted molar refractivity (Wildman–Crippen MR) is 80.5 cm³/mol. The van der Waals surface area contributed by atoms with E-state index in [1.54, 1.807) is 6.07 Å². The van der Waals surface area contributed by atoms with E-state index in [1.807, 2.05) is 12.1 Å². The second kappa shape index (κ2) is 5.49. The Balaban J connectivity index is 1.93. The van der Waals surface area contributed by atoms with Crippen LogP contribution in [0.3, 0.4) is 0 Å². The third kappa shape index (κ3) is 2.51. The third-order valence-electron chi connectivity index (χ3n) is 4.67. The standard InChI is InChI=1S/C16H20FNOS/c17-14-4-2-1-3-13(14)15(16(11-19)7-8-16)18-9-5-12(20)6-10-18/h1-4,11-12,15,20H,5-10H2. The van der Waals surface area contributed by atoms with E-state index in [-0.39, 0.29) is 17.3 Å². The average molecular weight is 293 g/mol. The van der Waals surface area contributed by atoms with Crippen LogP contribution < -0.4 is 0 Å². The number of piperidine rings is 1. The molecule has 1 saturated carbocycles. The van der Waals surface area contributed by atoms with Crippen molar-refractivity contribution in [3.63, 3.8) is 0 Å². The molecule has 1 aromatic rings. The molecule has 3 rings (SSSR count). The van der Waals surface area contributed by atoms with Gasteiger partial charge in [-0.3, -0.25) is 4.90 Å². The summed E-state index contributed by atoms with van der Waals surface area (Å²) in [5.74, 6) is -0.196. The van der Waals surface area contributed by atoms with Crippen LogP contribution in [0.1, 0.15) is 37.3 Å². The number of nitrogens with zero attached hydrogens (tertiary/aromatic N) is 1. The van der Waals surface area contributed by atoms with E-state index in [9.17, 15) is 9.18 Å². The maximum absolute atomic E-state index is 14.2. The molecule has 0 aromatic heterocycles. The summed E-state index contributed by atoms with van der Waals surface area (Å²) in [6, 6.07) is 6.78. The van der Waals surface area contributed by atoms with Crippen molar-refractivity contribution in [1.82, 2.24) is 4.90 Å². The SMILES string of the molecule is O=CC1(C(c2ccccc2F)N2CCC(S)CC2)CC1. The largest absolute Gasteiger partial charge is 0.303 e. The normalized spacial score (nSPS) is 24.3. The van der Waals surface area contributed by atoms with Gasteiger partial charge in [0.1, 0.15) is 12.1 Å². The molecule has 0 spiro atoms. The van der Waals surface area contributed by atoms with Crippen molar-refractivity contribution >= 4 is 18.9 Å². The summed E-state index contributed by atoms with van der Waals surface area (Å²) in [7, 11) is 0. The van der Waals surface area contributed by atoms with Gasteiger partial charge in [-0.05, 0) is 44.8 Å². The molecular weight excluding hydrogens is 273 g/mol. The molecule has 1 aromatic carbocycles. The van der Waals surface area contributed by atoms with Gasteiger partial charge in [0.2, 0.25) is 0 Å². The van der Waals surface area contributed by atoms with E-state index >= 15 is 0 Å². The first kappa shape index (κ1) is 14.1. The highest BCUT2D eigenvalue weighted by Crippen LogP contribution is 2.56. The van der Waals surface area contributed by atoms with Crippen LogP contribution in [0.2, 0.25) is 0 Å². The van der Waals surface area contributed by atoms with Gasteiger partial charge in [-0.1, -0.05) is 18.2 Å². The Morgan fingerprint density at radius 2 is 1.95 bits per heavy atom. The first-order chi connectivity index (χ1) is 9.66. The summed E-state index contributed by atoms with van der Waals surface area (Å²) in [4.78, 5) is 13.8. The van der Waals surface area contributed by atoms with Crippen LogP contribution in [0.5, 0.6) is 0 Å². The highest BCUT2D eigenvalue weighted by molar-refractivity contribution is 7.80.